The van der Waals surface area contributed by atoms with Gasteiger partial charge >= 0.3 is 0 Å². The average molecular weight is 1870 g/mol. The highest BCUT2D eigenvalue weighted by Gasteiger charge is 2.43. The summed E-state index contributed by atoms with van der Waals surface area (Å²) in [6.45, 7) is 24.7. The third-order valence-electron chi connectivity index (χ3n) is 24.6. The number of fused-ring (bicyclic) bond motifs is 2. The number of hydrogen-bond acceptors (Lipinski definition) is 21. The number of rotatable bonds is 27. The average Bonchev–Trinajstić information content (AvgIpc) is 1.65. The maximum absolute atomic E-state index is 13.6. The van der Waals surface area contributed by atoms with Gasteiger partial charge in [-0.3, -0.25) is 38.4 Å². The molecular formula is C103H124N16O8S5. The van der Waals surface area contributed by atoms with Gasteiger partial charge in [0, 0.05) is 79.9 Å². The van der Waals surface area contributed by atoms with E-state index in [4.69, 9.17) is 42.9 Å². The van der Waals surface area contributed by atoms with Gasteiger partial charge in [-0.1, -0.05) is 231 Å². The van der Waals surface area contributed by atoms with E-state index in [2.05, 4.69) is 163 Å². The molecule has 8 amide bonds. The molecule has 12 N–H and O–H groups in total. The van der Waals surface area contributed by atoms with E-state index in [1.54, 1.807) is 84.4 Å². The summed E-state index contributed by atoms with van der Waals surface area (Å²) in [4.78, 5) is 130. The molecule has 24 nitrogen and oxygen atoms in total. The first-order chi connectivity index (χ1) is 63.5. The van der Waals surface area contributed by atoms with Crippen LogP contribution in [0.4, 0.5) is 0 Å². The van der Waals surface area contributed by atoms with E-state index in [-0.39, 0.29) is 101 Å². The monoisotopic (exact) mass is 1870 g/mol. The lowest BCUT2D eigenvalue weighted by molar-refractivity contribution is -0.138. The van der Waals surface area contributed by atoms with Crippen LogP contribution in [0.1, 0.15) is 201 Å². The summed E-state index contributed by atoms with van der Waals surface area (Å²) in [5.74, 6) is -1.57. The van der Waals surface area contributed by atoms with E-state index in [0.29, 0.717) is 26.2 Å². The van der Waals surface area contributed by atoms with Crippen molar-refractivity contribution in [2.75, 3.05) is 26.2 Å². The number of nitrogens with two attached hydrogens (primary N) is 4. The van der Waals surface area contributed by atoms with E-state index < -0.39 is 48.3 Å². The van der Waals surface area contributed by atoms with Gasteiger partial charge in [0.05, 0.1) is 77.0 Å². The number of nitrogens with zero attached hydrogens (tertiary/aromatic N) is 8. The molecule has 4 aliphatic rings. The van der Waals surface area contributed by atoms with Crippen molar-refractivity contribution in [2.24, 2.45) is 46.6 Å². The molecule has 12 atom stereocenters. The number of amides is 8. The fourth-order valence-electron chi connectivity index (χ4n) is 17.4. The van der Waals surface area contributed by atoms with Gasteiger partial charge in [-0.05, 0) is 142 Å². The van der Waals surface area contributed by atoms with Crippen LogP contribution in [0.25, 0.3) is 65.8 Å². The molecular weight excluding hydrogens is 1750 g/mol. The molecule has 694 valence electrons. The predicted octanol–water partition coefficient (Wildman–Crippen LogP) is 17.4. The molecule has 0 aliphatic carbocycles. The Labute approximate surface area is 794 Å². The van der Waals surface area contributed by atoms with Crippen molar-refractivity contribution in [1.82, 2.24) is 60.8 Å². The molecule has 0 saturated carbocycles. The van der Waals surface area contributed by atoms with Crippen molar-refractivity contribution in [1.29, 1.82) is 0 Å². The van der Waals surface area contributed by atoms with Gasteiger partial charge < -0.3 is 63.8 Å². The molecule has 4 aliphatic heterocycles. The Kier molecular flexibility index (Phi) is 33.9. The first-order valence-electron chi connectivity index (χ1n) is 45.9. The molecule has 7 aromatic carbocycles. The minimum Gasteiger partial charge on any atom is -0.343 e. The topological polar surface area (TPSA) is 353 Å². The summed E-state index contributed by atoms with van der Waals surface area (Å²) in [7, 11) is 0. The Morgan fingerprint density at radius 2 is 0.629 bits per heavy atom. The van der Waals surface area contributed by atoms with E-state index in [1.165, 1.54) is 32.0 Å². The van der Waals surface area contributed by atoms with Gasteiger partial charge in [0.1, 0.15) is 44.2 Å². The van der Waals surface area contributed by atoms with Crippen LogP contribution in [-0.2, 0) is 38.4 Å². The molecule has 5 aromatic heterocycles. The maximum atomic E-state index is 13.6. The number of hydrogen-bond donors (Lipinski definition) is 8. The summed E-state index contributed by atoms with van der Waals surface area (Å²) < 4.78 is 1.24. The number of benzene rings is 7. The highest BCUT2D eigenvalue weighted by molar-refractivity contribution is 7.18. The third-order valence-corrected chi connectivity index (χ3v) is 29.4. The number of carbonyl (C=O) groups is 8. The van der Waals surface area contributed by atoms with Crippen LogP contribution in [-0.4, -0.2) is 161 Å². The Bertz CT molecular complexity index is 5860. The molecule has 0 unspecified atom stereocenters. The lowest BCUT2D eigenvalue weighted by Gasteiger charge is -2.30. The minimum atomic E-state index is -0.659. The van der Waals surface area contributed by atoms with E-state index in [0.717, 1.165) is 122 Å². The third kappa shape index (κ3) is 23.5. The summed E-state index contributed by atoms with van der Waals surface area (Å²) in [6.07, 6.45) is 7.17. The van der Waals surface area contributed by atoms with Gasteiger partial charge in [-0.15, -0.1) is 56.7 Å². The Morgan fingerprint density at radius 3 is 1.02 bits per heavy atom. The maximum Gasteiger partial charge on any atom is 0.246 e. The van der Waals surface area contributed by atoms with E-state index >= 15 is 0 Å². The van der Waals surface area contributed by atoms with Crippen molar-refractivity contribution in [3.63, 3.8) is 0 Å². The van der Waals surface area contributed by atoms with Crippen LogP contribution in [0, 0.1) is 23.7 Å². The summed E-state index contributed by atoms with van der Waals surface area (Å²) in [6, 6.07) is 57.0. The Hall–Kier alpha value is -11.1. The van der Waals surface area contributed by atoms with Crippen LogP contribution in [0.15, 0.2) is 209 Å². The number of thiophene rings is 1. The Balaban J connectivity index is 0.000000150. The molecule has 132 heavy (non-hydrogen) atoms. The molecule has 4 fully saturated rings. The standard InChI is InChI=1S/C28H34N4O2S.C27H32N4O2S.C25H30N4O2S.C23H28N4O2S2/c1-18(2)25(31-26(33)19(3)29)28(34)32-16-10-15-23(32)27-30-22(17-35-27)24(20-11-6-4-7-12-20)21-13-8-5-9-14-21;1-17(2)24(30-25(32)18(3)28)27(33)31-15-9-14-23(31)26-29-22(16-34-26)21-13-8-7-12-20(21)19-10-5-4-6-11-19;1-15(2)22(28-23(30)16(3)26)25(31)29-13-7-12-21(29)24-27-20(14-32-24)19-11-6-9-17-8-4-5-10-18(17)19;1-13(2)20(26-21(28)14(3)24)23(29)27-10-6-8-18(27)22-25-17(12-31-22)16-11-30-19-9-5-4-7-15(16)19/h4-9,11-14,17-19,23-25H,10,15-16,29H2,1-3H3,(H,31,33);4-8,10-13,16-18,23-24H,9,14-15,28H2,1-3H3,(H,30,32);4-6,8-11,14-16,21-22H,7,12-13,26H2,1-3H3,(H,28,30);4-5,7,9,11-14,18,20H,6,8,10,24H2,1-3H3,(H,26,28)/t19-,23+,25-;18-,23-,24-;16-,21-,22-;14-,18-,20-/m0000/s1. The zero-order valence-electron chi connectivity index (χ0n) is 77.2. The first kappa shape index (κ1) is 98.4. The van der Waals surface area contributed by atoms with Gasteiger partial charge in [0.25, 0.3) is 0 Å². The quantitative estimate of drug-likeness (QED) is 0.0237. The predicted molar refractivity (Wildman–Crippen MR) is 533 cm³/mol. The minimum absolute atomic E-state index is 0.0273. The van der Waals surface area contributed by atoms with Crippen molar-refractivity contribution < 1.29 is 38.4 Å². The molecule has 16 rings (SSSR count). The highest BCUT2D eigenvalue weighted by Crippen LogP contribution is 2.45. The van der Waals surface area contributed by atoms with Gasteiger partial charge in [0.2, 0.25) is 47.3 Å². The second-order valence-corrected chi connectivity index (χ2v) is 40.5. The van der Waals surface area contributed by atoms with Crippen LogP contribution in [0.2, 0.25) is 0 Å². The SMILES string of the molecule is CC(C)[C@H](NC(=O)[C@H](C)N)C(=O)N1CCC[C@@H]1c1nc(C(c2ccccc2)c2ccccc2)cs1.CC(C)[C@H](NC(=O)[C@H](C)N)C(=O)N1CCC[C@H]1c1nc(-c2cccc3ccccc23)cs1.CC(C)[C@H](NC(=O)[C@H](C)N)C(=O)N1CCC[C@H]1c1nc(-c2ccccc2-c2ccccc2)cs1.CC(C)[C@H](NC(=O)[C@H](C)N)C(=O)N1CCC[C@H]1c1nc(-c2csc3ccccc23)cs1. The van der Waals surface area contributed by atoms with E-state index in [1.807, 2.05) is 142 Å². The fraction of sp³-hybridized carbons (Fsp3) is 0.398. The molecule has 12 aromatic rings. The Morgan fingerprint density at radius 1 is 0.318 bits per heavy atom. The van der Waals surface area contributed by atoms with Crippen molar-refractivity contribution in [3.05, 3.63) is 246 Å². The summed E-state index contributed by atoms with van der Waals surface area (Å²) in [5.41, 5.74) is 34.7. The van der Waals surface area contributed by atoms with Crippen molar-refractivity contribution in [3.8, 4) is 44.9 Å². The normalized spacial score (nSPS) is 17.9. The zero-order valence-corrected chi connectivity index (χ0v) is 81.3. The first-order valence-corrected chi connectivity index (χ1v) is 50.3. The zero-order chi connectivity index (χ0) is 94.1. The molecule has 0 radical (unpaired) electrons. The van der Waals surface area contributed by atoms with Gasteiger partial charge in [-0.25, -0.2) is 19.9 Å². The van der Waals surface area contributed by atoms with Crippen molar-refractivity contribution in [2.45, 2.75) is 213 Å². The van der Waals surface area contributed by atoms with Crippen LogP contribution in [0.3, 0.4) is 0 Å². The smallest absolute Gasteiger partial charge is 0.246 e. The van der Waals surface area contributed by atoms with E-state index in [9.17, 15) is 38.4 Å². The number of carbonyl (C=O) groups excluding carboxylic acids is 8. The lowest BCUT2D eigenvalue weighted by Crippen LogP contribution is -2.54. The largest absolute Gasteiger partial charge is 0.343 e. The van der Waals surface area contributed by atoms with Crippen LogP contribution >= 0.6 is 56.7 Å². The van der Waals surface area contributed by atoms with Gasteiger partial charge in [-0.2, -0.15) is 0 Å². The number of likely N-dealkylation sites (tertiary alicyclic amines) is 4. The number of thiazole rings is 4. The molecule has 0 spiro atoms. The fourth-order valence-corrected chi connectivity index (χ4v) is 22.2. The van der Waals surface area contributed by atoms with Gasteiger partial charge in [0.15, 0.2) is 0 Å². The highest BCUT2D eigenvalue weighted by atomic mass is 32.1. The number of aromatic nitrogens is 4. The lowest BCUT2D eigenvalue weighted by atomic mass is 9.89. The van der Waals surface area contributed by atoms with Crippen LogP contribution < -0.4 is 44.2 Å². The second kappa shape index (κ2) is 45.5. The molecule has 29 heteroatoms. The number of nitrogens with one attached hydrogen (secondary N) is 4. The molecule has 0 bridgehead atoms. The molecule has 9 heterocycles. The summed E-state index contributed by atoms with van der Waals surface area (Å²) >= 11 is 8.13. The second-order valence-electron chi connectivity index (χ2n) is 36.0. The summed E-state index contributed by atoms with van der Waals surface area (Å²) in [5, 5.41) is 29.3. The van der Waals surface area contributed by atoms with Crippen molar-refractivity contribution >= 4 is 125 Å². The molecule has 4 saturated heterocycles. The van der Waals surface area contributed by atoms with Crippen LogP contribution in [0.5, 0.6) is 0 Å².